The fourth-order valence-electron chi connectivity index (χ4n) is 2.93. The second kappa shape index (κ2) is 5.13. The van der Waals surface area contributed by atoms with Crippen molar-refractivity contribution in [3.8, 4) is 11.5 Å². The molecule has 3 aromatic carbocycles. The molecule has 21 heavy (non-hydrogen) atoms. The first-order chi connectivity index (χ1) is 10.2. The van der Waals surface area contributed by atoms with E-state index in [0.717, 1.165) is 44.2 Å². The summed E-state index contributed by atoms with van der Waals surface area (Å²) in [6, 6.07) is 14.4. The topological polar surface area (TPSA) is 18.5 Å². The summed E-state index contributed by atoms with van der Waals surface area (Å²) in [6.07, 6.45) is 0. The molecule has 0 fully saturated rings. The molecule has 0 aliphatic carbocycles. The van der Waals surface area contributed by atoms with Crippen molar-refractivity contribution in [2.45, 2.75) is 6.92 Å². The highest BCUT2D eigenvalue weighted by Gasteiger charge is 2.15. The smallest absolute Gasteiger partial charge is 0.127 e. The standard InChI is InChI=1S/C19H18O2/c1-12(2)17-18-13(7-5-9-15(18)20-3)11-14-8-6-10-16(21-4)19(14)17/h5-11H,1H2,2-4H3. The first-order valence-corrected chi connectivity index (χ1v) is 6.89. The van der Waals surface area contributed by atoms with Crippen LogP contribution in [0, 0.1) is 0 Å². The van der Waals surface area contributed by atoms with E-state index < -0.39 is 0 Å². The zero-order chi connectivity index (χ0) is 15.0. The maximum atomic E-state index is 5.56. The molecule has 0 unspecified atom stereocenters. The number of fused-ring (bicyclic) bond motifs is 2. The minimum absolute atomic E-state index is 0.860. The van der Waals surface area contributed by atoms with E-state index >= 15 is 0 Å². The van der Waals surface area contributed by atoms with Crippen LogP contribution in [0.25, 0.3) is 27.1 Å². The second-order valence-electron chi connectivity index (χ2n) is 5.15. The van der Waals surface area contributed by atoms with Gasteiger partial charge in [-0.2, -0.15) is 0 Å². The zero-order valence-corrected chi connectivity index (χ0v) is 12.6. The van der Waals surface area contributed by atoms with E-state index in [-0.39, 0.29) is 0 Å². The highest BCUT2D eigenvalue weighted by atomic mass is 16.5. The van der Waals surface area contributed by atoms with Gasteiger partial charge in [-0.25, -0.2) is 0 Å². The van der Waals surface area contributed by atoms with Crippen LogP contribution in [0.3, 0.4) is 0 Å². The Hall–Kier alpha value is -2.48. The van der Waals surface area contributed by atoms with Crippen LogP contribution in [0.4, 0.5) is 0 Å². The number of benzene rings is 3. The van der Waals surface area contributed by atoms with Crippen LogP contribution in [-0.2, 0) is 0 Å². The molecule has 3 rings (SSSR count). The largest absolute Gasteiger partial charge is 0.496 e. The summed E-state index contributed by atoms with van der Waals surface area (Å²) in [7, 11) is 3.40. The van der Waals surface area contributed by atoms with Gasteiger partial charge in [-0.1, -0.05) is 30.8 Å². The molecule has 0 atom stereocenters. The van der Waals surface area contributed by atoms with Gasteiger partial charge in [0.25, 0.3) is 0 Å². The lowest BCUT2D eigenvalue weighted by Crippen LogP contribution is -1.94. The summed E-state index contributed by atoms with van der Waals surface area (Å²) in [4.78, 5) is 0. The summed E-state index contributed by atoms with van der Waals surface area (Å²) in [5, 5.41) is 4.47. The van der Waals surface area contributed by atoms with Gasteiger partial charge in [0, 0.05) is 10.8 Å². The maximum Gasteiger partial charge on any atom is 0.127 e. The van der Waals surface area contributed by atoms with Gasteiger partial charge in [0.15, 0.2) is 0 Å². The molecule has 0 N–H and O–H groups in total. The molecule has 0 amide bonds. The molecule has 0 spiro atoms. The average Bonchev–Trinajstić information content (AvgIpc) is 2.50. The number of methoxy groups -OCH3 is 2. The number of rotatable bonds is 3. The molecule has 0 heterocycles. The summed E-state index contributed by atoms with van der Waals surface area (Å²) in [6.45, 7) is 6.19. The fourth-order valence-corrected chi connectivity index (χ4v) is 2.93. The van der Waals surface area contributed by atoms with Crippen molar-refractivity contribution < 1.29 is 9.47 Å². The Morgan fingerprint density at radius 1 is 0.857 bits per heavy atom. The van der Waals surface area contributed by atoms with E-state index in [1.54, 1.807) is 14.2 Å². The van der Waals surface area contributed by atoms with Gasteiger partial charge < -0.3 is 9.47 Å². The van der Waals surface area contributed by atoms with Crippen LogP contribution < -0.4 is 9.47 Å². The van der Waals surface area contributed by atoms with Crippen LogP contribution in [0.5, 0.6) is 11.5 Å². The predicted molar refractivity (Wildman–Crippen MR) is 89.3 cm³/mol. The third-order valence-electron chi connectivity index (χ3n) is 3.79. The van der Waals surface area contributed by atoms with Crippen molar-refractivity contribution in [3.63, 3.8) is 0 Å². The Labute approximate surface area is 124 Å². The molecule has 0 aromatic heterocycles. The summed E-state index contributed by atoms with van der Waals surface area (Å²) < 4.78 is 11.1. The molecule has 2 heteroatoms. The highest BCUT2D eigenvalue weighted by Crippen LogP contribution is 2.41. The van der Waals surface area contributed by atoms with Crippen molar-refractivity contribution in [3.05, 3.63) is 54.6 Å². The Morgan fingerprint density at radius 2 is 1.33 bits per heavy atom. The number of allylic oxidation sites excluding steroid dienone is 1. The molecule has 3 aromatic rings. The molecule has 2 nitrogen and oxygen atoms in total. The average molecular weight is 278 g/mol. The Kier molecular flexibility index (Phi) is 3.30. The molecule has 0 saturated heterocycles. The van der Waals surface area contributed by atoms with Crippen LogP contribution >= 0.6 is 0 Å². The van der Waals surface area contributed by atoms with Crippen molar-refractivity contribution >= 4 is 27.1 Å². The predicted octanol–water partition coefficient (Wildman–Crippen LogP) is 5.04. The van der Waals surface area contributed by atoms with Gasteiger partial charge >= 0.3 is 0 Å². The monoisotopic (exact) mass is 278 g/mol. The number of hydrogen-bond acceptors (Lipinski definition) is 2. The third kappa shape index (κ3) is 2.04. The molecule has 0 radical (unpaired) electrons. The van der Waals surface area contributed by atoms with Gasteiger partial charge in [0.2, 0.25) is 0 Å². The Balaban J connectivity index is 2.62. The van der Waals surface area contributed by atoms with Crippen molar-refractivity contribution in [2.24, 2.45) is 0 Å². The molecular weight excluding hydrogens is 260 g/mol. The van der Waals surface area contributed by atoms with Crippen LogP contribution in [0.15, 0.2) is 49.0 Å². The summed E-state index contributed by atoms with van der Waals surface area (Å²) in [5.74, 6) is 1.72. The molecule has 0 aliphatic heterocycles. The molecule has 0 saturated carbocycles. The number of ether oxygens (including phenoxy) is 2. The van der Waals surface area contributed by atoms with E-state index in [4.69, 9.17) is 9.47 Å². The Bertz CT molecular complexity index is 785. The van der Waals surface area contributed by atoms with E-state index in [9.17, 15) is 0 Å². The normalized spacial score (nSPS) is 10.8. The molecule has 0 bridgehead atoms. The van der Waals surface area contributed by atoms with Crippen LogP contribution in [-0.4, -0.2) is 14.2 Å². The summed E-state index contributed by atoms with van der Waals surface area (Å²) >= 11 is 0. The fraction of sp³-hybridized carbons (Fsp3) is 0.158. The number of hydrogen-bond donors (Lipinski definition) is 0. The van der Waals surface area contributed by atoms with Crippen molar-refractivity contribution in [1.82, 2.24) is 0 Å². The summed E-state index contributed by atoms with van der Waals surface area (Å²) in [5.41, 5.74) is 2.09. The minimum Gasteiger partial charge on any atom is -0.496 e. The third-order valence-corrected chi connectivity index (χ3v) is 3.79. The Morgan fingerprint density at radius 3 is 1.71 bits per heavy atom. The van der Waals surface area contributed by atoms with E-state index in [1.807, 2.05) is 31.2 Å². The first-order valence-electron chi connectivity index (χ1n) is 6.89. The van der Waals surface area contributed by atoms with Crippen LogP contribution in [0.1, 0.15) is 12.5 Å². The lowest BCUT2D eigenvalue weighted by atomic mass is 9.92. The van der Waals surface area contributed by atoms with Crippen molar-refractivity contribution in [2.75, 3.05) is 14.2 Å². The van der Waals surface area contributed by atoms with E-state index in [2.05, 4.69) is 24.8 Å². The second-order valence-corrected chi connectivity index (χ2v) is 5.15. The van der Waals surface area contributed by atoms with Gasteiger partial charge in [-0.15, -0.1) is 0 Å². The minimum atomic E-state index is 0.860. The van der Waals surface area contributed by atoms with Gasteiger partial charge in [-0.3, -0.25) is 0 Å². The lowest BCUT2D eigenvalue weighted by molar-refractivity contribution is 0.418. The van der Waals surface area contributed by atoms with E-state index in [1.165, 1.54) is 0 Å². The molecule has 0 aliphatic rings. The highest BCUT2D eigenvalue weighted by molar-refractivity contribution is 6.12. The maximum absolute atomic E-state index is 5.56. The van der Waals surface area contributed by atoms with Crippen molar-refractivity contribution in [1.29, 1.82) is 0 Å². The first kappa shape index (κ1) is 13.5. The zero-order valence-electron chi connectivity index (χ0n) is 12.6. The van der Waals surface area contributed by atoms with E-state index in [0.29, 0.717) is 0 Å². The quantitative estimate of drug-likeness (QED) is 0.625. The van der Waals surface area contributed by atoms with Gasteiger partial charge in [0.1, 0.15) is 11.5 Å². The molecular formula is C19H18O2. The van der Waals surface area contributed by atoms with Gasteiger partial charge in [0.05, 0.1) is 14.2 Å². The van der Waals surface area contributed by atoms with Gasteiger partial charge in [-0.05, 0) is 47.0 Å². The van der Waals surface area contributed by atoms with Crippen LogP contribution in [0.2, 0.25) is 0 Å². The SMILES string of the molecule is C=C(C)c1c2c(OC)cccc2cc2cccc(OC)c12. The lowest BCUT2D eigenvalue weighted by Gasteiger charge is -2.16. The molecule has 106 valence electrons.